The molecular formula is C14H22N4. The number of anilines is 1. The molecule has 98 valence electrons. The van der Waals surface area contributed by atoms with Crippen molar-refractivity contribution in [1.82, 2.24) is 9.91 Å². The molecule has 0 aromatic heterocycles. The van der Waals surface area contributed by atoms with E-state index in [1.165, 1.54) is 5.69 Å². The summed E-state index contributed by atoms with van der Waals surface area (Å²) in [6, 6.07) is 8.44. The van der Waals surface area contributed by atoms with Crippen molar-refractivity contribution in [3.8, 4) is 0 Å². The molecule has 18 heavy (non-hydrogen) atoms. The lowest BCUT2D eigenvalue weighted by Crippen LogP contribution is -2.41. The standard InChI is InChI=1S/C14H22N4/c1-16(2)14-6-4-13(5-7-14)12-15-18-10-8-17(3)9-11-18/h4-7,12H,8-11H2,1-3H3/b15-12-. The van der Waals surface area contributed by atoms with Gasteiger partial charge in [-0.05, 0) is 24.7 Å². The summed E-state index contributed by atoms with van der Waals surface area (Å²) in [7, 11) is 6.25. The lowest BCUT2D eigenvalue weighted by molar-refractivity contribution is 0.159. The van der Waals surface area contributed by atoms with Gasteiger partial charge in [0.05, 0.1) is 6.21 Å². The van der Waals surface area contributed by atoms with E-state index in [0.29, 0.717) is 0 Å². The van der Waals surface area contributed by atoms with Crippen LogP contribution in [0.4, 0.5) is 5.69 Å². The Hall–Kier alpha value is -1.55. The first kappa shape index (κ1) is 12.9. The van der Waals surface area contributed by atoms with Crippen LogP contribution >= 0.6 is 0 Å². The van der Waals surface area contributed by atoms with Gasteiger partial charge in [0.2, 0.25) is 0 Å². The van der Waals surface area contributed by atoms with Crippen LogP contribution in [0.1, 0.15) is 5.56 Å². The third-order valence-corrected chi connectivity index (χ3v) is 3.26. The van der Waals surface area contributed by atoms with Crippen molar-refractivity contribution in [3.05, 3.63) is 29.8 Å². The zero-order valence-electron chi connectivity index (χ0n) is 11.5. The summed E-state index contributed by atoms with van der Waals surface area (Å²) in [6.45, 7) is 4.22. The highest BCUT2D eigenvalue weighted by Crippen LogP contribution is 2.11. The molecule has 2 rings (SSSR count). The number of likely N-dealkylation sites (N-methyl/N-ethyl adjacent to an activating group) is 1. The van der Waals surface area contributed by atoms with Crippen LogP contribution in [0.5, 0.6) is 0 Å². The maximum absolute atomic E-state index is 4.53. The van der Waals surface area contributed by atoms with Gasteiger partial charge in [-0.15, -0.1) is 0 Å². The molecule has 4 heteroatoms. The Balaban J connectivity index is 1.92. The Labute approximate surface area is 109 Å². The van der Waals surface area contributed by atoms with Gasteiger partial charge in [-0.25, -0.2) is 0 Å². The molecule has 1 saturated heterocycles. The smallest absolute Gasteiger partial charge is 0.0542 e. The van der Waals surface area contributed by atoms with E-state index in [0.717, 1.165) is 31.7 Å². The Bertz CT molecular complexity index is 389. The fourth-order valence-electron chi connectivity index (χ4n) is 1.92. The van der Waals surface area contributed by atoms with Gasteiger partial charge < -0.3 is 9.80 Å². The van der Waals surface area contributed by atoms with Crippen molar-refractivity contribution in [3.63, 3.8) is 0 Å². The van der Waals surface area contributed by atoms with Gasteiger partial charge in [0.1, 0.15) is 0 Å². The molecule has 1 aliphatic heterocycles. The highest BCUT2D eigenvalue weighted by Gasteiger charge is 2.10. The van der Waals surface area contributed by atoms with Crippen molar-refractivity contribution in [1.29, 1.82) is 0 Å². The molecule has 1 aromatic carbocycles. The number of hydrogen-bond donors (Lipinski definition) is 0. The normalized spacial score (nSPS) is 17.4. The van der Waals surface area contributed by atoms with E-state index < -0.39 is 0 Å². The molecule has 0 spiro atoms. The molecule has 1 aromatic rings. The number of benzene rings is 1. The average Bonchev–Trinajstić information content (AvgIpc) is 2.38. The first-order chi connectivity index (χ1) is 8.65. The van der Waals surface area contributed by atoms with Crippen molar-refractivity contribution < 1.29 is 0 Å². The van der Waals surface area contributed by atoms with Gasteiger partial charge in [-0.1, -0.05) is 12.1 Å². The van der Waals surface area contributed by atoms with Crippen LogP contribution in [0.15, 0.2) is 29.4 Å². The van der Waals surface area contributed by atoms with Crippen LogP contribution < -0.4 is 4.90 Å². The summed E-state index contributed by atoms with van der Waals surface area (Å²) in [6.07, 6.45) is 1.95. The fraction of sp³-hybridized carbons (Fsp3) is 0.500. The van der Waals surface area contributed by atoms with Crippen molar-refractivity contribution in [2.24, 2.45) is 5.10 Å². The second-order valence-corrected chi connectivity index (χ2v) is 4.99. The Morgan fingerprint density at radius 3 is 2.22 bits per heavy atom. The fourth-order valence-corrected chi connectivity index (χ4v) is 1.92. The molecule has 0 amide bonds. The molecular weight excluding hydrogens is 224 g/mol. The number of hydrazone groups is 1. The first-order valence-electron chi connectivity index (χ1n) is 6.40. The first-order valence-corrected chi connectivity index (χ1v) is 6.40. The number of piperazine rings is 1. The van der Waals surface area contributed by atoms with E-state index in [2.05, 4.69) is 51.2 Å². The molecule has 0 N–H and O–H groups in total. The summed E-state index contributed by atoms with van der Waals surface area (Å²) in [5.41, 5.74) is 2.37. The van der Waals surface area contributed by atoms with E-state index >= 15 is 0 Å². The largest absolute Gasteiger partial charge is 0.378 e. The molecule has 0 unspecified atom stereocenters. The van der Waals surface area contributed by atoms with Crippen molar-refractivity contribution in [2.75, 3.05) is 52.2 Å². The van der Waals surface area contributed by atoms with Gasteiger partial charge >= 0.3 is 0 Å². The maximum Gasteiger partial charge on any atom is 0.0542 e. The number of hydrogen-bond acceptors (Lipinski definition) is 4. The molecule has 0 aliphatic carbocycles. The lowest BCUT2D eigenvalue weighted by atomic mass is 10.2. The van der Waals surface area contributed by atoms with Gasteiger partial charge in [0.15, 0.2) is 0 Å². The van der Waals surface area contributed by atoms with E-state index in [1.54, 1.807) is 0 Å². The summed E-state index contributed by atoms with van der Waals surface area (Å²) < 4.78 is 0. The molecule has 1 heterocycles. The molecule has 0 saturated carbocycles. The van der Waals surface area contributed by atoms with Gasteiger partial charge in [0, 0.05) is 46.0 Å². The predicted octanol–water partition coefficient (Wildman–Crippen LogP) is 1.33. The predicted molar refractivity (Wildman–Crippen MR) is 77.4 cm³/mol. The minimum atomic E-state index is 1.02. The number of nitrogens with zero attached hydrogens (tertiary/aromatic N) is 4. The second-order valence-electron chi connectivity index (χ2n) is 4.99. The Morgan fingerprint density at radius 2 is 1.67 bits per heavy atom. The zero-order chi connectivity index (χ0) is 13.0. The maximum atomic E-state index is 4.53. The third-order valence-electron chi connectivity index (χ3n) is 3.26. The van der Waals surface area contributed by atoms with Crippen LogP contribution in [-0.4, -0.2) is 63.4 Å². The van der Waals surface area contributed by atoms with Crippen molar-refractivity contribution in [2.45, 2.75) is 0 Å². The van der Waals surface area contributed by atoms with Crippen molar-refractivity contribution >= 4 is 11.9 Å². The second kappa shape index (κ2) is 5.87. The Morgan fingerprint density at radius 1 is 1.06 bits per heavy atom. The quantitative estimate of drug-likeness (QED) is 0.751. The van der Waals surface area contributed by atoms with E-state index in [9.17, 15) is 0 Å². The van der Waals surface area contributed by atoms with Crippen LogP contribution in [0.3, 0.4) is 0 Å². The highest BCUT2D eigenvalue weighted by atomic mass is 15.5. The molecule has 1 fully saturated rings. The minimum absolute atomic E-state index is 1.02. The van der Waals surface area contributed by atoms with Crippen LogP contribution in [0.2, 0.25) is 0 Å². The summed E-state index contributed by atoms with van der Waals surface area (Å²) in [5, 5.41) is 6.67. The molecule has 0 radical (unpaired) electrons. The molecule has 0 bridgehead atoms. The summed E-state index contributed by atoms with van der Waals surface area (Å²) >= 11 is 0. The Kier molecular flexibility index (Phi) is 4.20. The van der Waals surface area contributed by atoms with Gasteiger partial charge in [-0.3, -0.25) is 5.01 Å². The van der Waals surface area contributed by atoms with E-state index in [-0.39, 0.29) is 0 Å². The molecule has 4 nitrogen and oxygen atoms in total. The van der Waals surface area contributed by atoms with Gasteiger partial charge in [-0.2, -0.15) is 5.10 Å². The SMILES string of the molecule is CN1CCN(/N=C\c2ccc(N(C)C)cc2)CC1. The summed E-state index contributed by atoms with van der Waals surface area (Å²) in [4.78, 5) is 4.43. The summed E-state index contributed by atoms with van der Waals surface area (Å²) in [5.74, 6) is 0. The van der Waals surface area contributed by atoms with Crippen LogP contribution in [0.25, 0.3) is 0 Å². The van der Waals surface area contributed by atoms with Gasteiger partial charge in [0.25, 0.3) is 0 Å². The topological polar surface area (TPSA) is 22.1 Å². The lowest BCUT2D eigenvalue weighted by Gasteiger charge is -2.30. The monoisotopic (exact) mass is 246 g/mol. The van der Waals surface area contributed by atoms with E-state index in [1.807, 2.05) is 20.3 Å². The minimum Gasteiger partial charge on any atom is -0.378 e. The van der Waals surface area contributed by atoms with E-state index in [4.69, 9.17) is 0 Å². The zero-order valence-corrected chi connectivity index (χ0v) is 11.5. The highest BCUT2D eigenvalue weighted by molar-refractivity contribution is 5.80. The van der Waals surface area contributed by atoms with Crippen LogP contribution in [-0.2, 0) is 0 Å². The molecule has 1 aliphatic rings. The molecule has 0 atom stereocenters. The average molecular weight is 246 g/mol. The third kappa shape index (κ3) is 3.47. The number of rotatable bonds is 3. The van der Waals surface area contributed by atoms with Crippen LogP contribution in [0, 0.1) is 0 Å².